The van der Waals surface area contributed by atoms with E-state index in [-0.39, 0.29) is 16.4 Å². The Morgan fingerprint density at radius 3 is 2.18 bits per heavy atom. The van der Waals surface area contributed by atoms with E-state index < -0.39 is 39.4 Å². The van der Waals surface area contributed by atoms with E-state index in [1.54, 1.807) is 32.9 Å². The zero-order valence-electron chi connectivity index (χ0n) is 18.7. The number of ether oxygens (including phenoxy) is 1. The number of rotatable bonds is 9. The highest BCUT2D eigenvalue weighted by atomic mass is 32.2. The van der Waals surface area contributed by atoms with Gasteiger partial charge in [0.2, 0.25) is 10.0 Å². The molecule has 1 heterocycles. The highest BCUT2D eigenvalue weighted by Crippen LogP contribution is 2.23. The first-order valence-corrected chi connectivity index (χ1v) is 12.0. The van der Waals surface area contributed by atoms with Crippen molar-refractivity contribution in [1.82, 2.24) is 10.0 Å². The molecule has 0 radical (unpaired) electrons. The fraction of sp³-hybridized carbons (Fsp3) is 0.391. The second kappa shape index (κ2) is 9.98. The van der Waals surface area contributed by atoms with Crippen LogP contribution in [0.4, 0.5) is 10.1 Å². The predicted molar refractivity (Wildman–Crippen MR) is 122 cm³/mol. The summed E-state index contributed by atoms with van der Waals surface area (Å²) < 4.78 is 46.0. The molecule has 178 valence electrons. The molecule has 1 fully saturated rings. The van der Waals surface area contributed by atoms with Crippen molar-refractivity contribution in [3.05, 3.63) is 59.9 Å². The number of nitrogens with one attached hydrogen (secondary N) is 3. The lowest BCUT2D eigenvalue weighted by Crippen LogP contribution is -2.55. The Balaban J connectivity index is 1.75. The lowest BCUT2D eigenvalue weighted by atomic mass is 9.91. The van der Waals surface area contributed by atoms with Gasteiger partial charge < -0.3 is 20.2 Å². The molecular formula is C23H28FN3O5S. The van der Waals surface area contributed by atoms with Crippen LogP contribution in [0.25, 0.3) is 0 Å². The van der Waals surface area contributed by atoms with Crippen LogP contribution in [0.3, 0.4) is 0 Å². The van der Waals surface area contributed by atoms with Gasteiger partial charge in [-0.15, -0.1) is 0 Å². The number of benzene rings is 2. The molecule has 2 atom stereocenters. The van der Waals surface area contributed by atoms with Crippen LogP contribution < -0.4 is 15.4 Å². The summed E-state index contributed by atoms with van der Waals surface area (Å²) in [6, 6.07) is 9.79. The van der Waals surface area contributed by atoms with E-state index >= 15 is 0 Å². The average Bonchev–Trinajstić information content (AvgIpc) is 2.69. The molecule has 1 amide bonds. The first kappa shape index (κ1) is 24.8. The van der Waals surface area contributed by atoms with Gasteiger partial charge in [-0.1, -0.05) is 0 Å². The number of amides is 1. The van der Waals surface area contributed by atoms with Crippen LogP contribution >= 0.6 is 0 Å². The van der Waals surface area contributed by atoms with Crippen molar-refractivity contribution in [1.29, 1.82) is 0 Å². The van der Waals surface area contributed by atoms with Crippen LogP contribution in [-0.2, 0) is 19.6 Å². The van der Waals surface area contributed by atoms with Crippen molar-refractivity contribution in [3.8, 4) is 0 Å². The normalized spacial score (nSPS) is 16.4. The van der Waals surface area contributed by atoms with Gasteiger partial charge in [0.15, 0.2) is 0 Å². The maximum atomic E-state index is 13.1. The minimum atomic E-state index is -3.68. The fourth-order valence-corrected chi connectivity index (χ4v) is 4.81. The van der Waals surface area contributed by atoms with E-state index in [2.05, 4.69) is 15.4 Å². The molecule has 1 aliphatic heterocycles. The van der Waals surface area contributed by atoms with E-state index in [0.29, 0.717) is 25.2 Å². The summed E-state index contributed by atoms with van der Waals surface area (Å²) in [7, 11) is -3.68. The quantitative estimate of drug-likeness (QED) is 0.478. The zero-order valence-corrected chi connectivity index (χ0v) is 19.5. The second-order valence-corrected chi connectivity index (χ2v) is 10.7. The number of anilines is 1. The molecule has 0 aliphatic carbocycles. The Labute approximate surface area is 193 Å². The standard InChI is InChI=1S/C23H28FN3O5S/c1-23(2,3)27-33(30,31)19-10-8-18(9-11-19)25-21(16-13-32-14-16)20(12-28)26-22(29)15-4-6-17(24)7-5-15/h4-12,16,20-21,25,27H,13-14H2,1-3H3,(H,26,29). The SMILES string of the molecule is CC(C)(C)NS(=O)(=O)c1ccc(NC(C2COC2)C(C=O)NC(=O)c2ccc(F)cc2)cc1. The third-order valence-corrected chi connectivity index (χ3v) is 6.82. The third kappa shape index (κ3) is 6.59. The minimum Gasteiger partial charge on any atom is -0.381 e. The summed E-state index contributed by atoms with van der Waals surface area (Å²) >= 11 is 0. The van der Waals surface area contributed by atoms with E-state index in [0.717, 1.165) is 0 Å². The van der Waals surface area contributed by atoms with E-state index in [9.17, 15) is 22.4 Å². The van der Waals surface area contributed by atoms with Gasteiger partial charge >= 0.3 is 0 Å². The first-order chi connectivity index (χ1) is 15.5. The van der Waals surface area contributed by atoms with Gasteiger partial charge in [-0.05, 0) is 69.3 Å². The molecule has 1 saturated heterocycles. The van der Waals surface area contributed by atoms with Crippen LogP contribution in [-0.4, -0.2) is 51.4 Å². The largest absolute Gasteiger partial charge is 0.381 e. The third-order valence-electron chi connectivity index (χ3n) is 5.05. The molecule has 2 aromatic rings. The summed E-state index contributed by atoms with van der Waals surface area (Å²) in [6.45, 7) is 6.09. The van der Waals surface area contributed by atoms with Crippen LogP contribution in [0.1, 0.15) is 31.1 Å². The van der Waals surface area contributed by atoms with Gasteiger partial charge in [0.25, 0.3) is 5.91 Å². The lowest BCUT2D eigenvalue weighted by Gasteiger charge is -2.37. The van der Waals surface area contributed by atoms with Crippen LogP contribution in [0.15, 0.2) is 53.4 Å². The predicted octanol–water partition coefficient (Wildman–Crippen LogP) is 2.33. The number of halogens is 1. The summed E-state index contributed by atoms with van der Waals surface area (Å²) in [5, 5.41) is 5.90. The fourth-order valence-electron chi connectivity index (χ4n) is 3.39. The number of carbonyl (C=O) groups excluding carboxylic acids is 2. The van der Waals surface area contributed by atoms with E-state index in [1.165, 1.54) is 36.4 Å². The first-order valence-electron chi connectivity index (χ1n) is 10.5. The molecule has 0 aromatic heterocycles. The Hall–Kier alpha value is -2.82. The van der Waals surface area contributed by atoms with Gasteiger partial charge in [-0.3, -0.25) is 4.79 Å². The summed E-state index contributed by atoms with van der Waals surface area (Å²) in [6.07, 6.45) is 0.642. The molecule has 2 aromatic carbocycles. The molecule has 2 unspecified atom stereocenters. The van der Waals surface area contributed by atoms with Gasteiger partial charge in [0, 0.05) is 22.7 Å². The molecule has 3 N–H and O–H groups in total. The number of hydrogen-bond donors (Lipinski definition) is 3. The van der Waals surface area contributed by atoms with Crippen molar-refractivity contribution in [2.75, 3.05) is 18.5 Å². The minimum absolute atomic E-state index is 0.0420. The molecular weight excluding hydrogens is 449 g/mol. The number of aldehydes is 1. The zero-order chi connectivity index (χ0) is 24.2. The molecule has 10 heteroatoms. The molecule has 1 aliphatic rings. The number of hydrogen-bond acceptors (Lipinski definition) is 6. The monoisotopic (exact) mass is 477 g/mol. The Bertz CT molecular complexity index is 1080. The van der Waals surface area contributed by atoms with Gasteiger partial charge in [0.1, 0.15) is 18.1 Å². The van der Waals surface area contributed by atoms with E-state index in [1.807, 2.05) is 0 Å². The highest BCUT2D eigenvalue weighted by Gasteiger charge is 2.35. The van der Waals surface area contributed by atoms with Crippen LogP contribution in [0.5, 0.6) is 0 Å². The summed E-state index contributed by atoms with van der Waals surface area (Å²) in [5.74, 6) is -1.01. The maximum Gasteiger partial charge on any atom is 0.251 e. The van der Waals surface area contributed by atoms with Crippen molar-refractivity contribution in [2.24, 2.45) is 5.92 Å². The van der Waals surface area contributed by atoms with Crippen LogP contribution in [0.2, 0.25) is 0 Å². The maximum absolute atomic E-state index is 13.1. The molecule has 8 nitrogen and oxygen atoms in total. The molecule has 3 rings (SSSR count). The van der Waals surface area contributed by atoms with Crippen molar-refractivity contribution in [2.45, 2.75) is 43.3 Å². The highest BCUT2D eigenvalue weighted by molar-refractivity contribution is 7.89. The van der Waals surface area contributed by atoms with Crippen molar-refractivity contribution >= 4 is 27.9 Å². The van der Waals surface area contributed by atoms with Crippen LogP contribution in [0, 0.1) is 11.7 Å². The number of sulfonamides is 1. The molecule has 0 bridgehead atoms. The van der Waals surface area contributed by atoms with Gasteiger partial charge in [-0.25, -0.2) is 17.5 Å². The van der Waals surface area contributed by atoms with E-state index in [4.69, 9.17) is 4.74 Å². The number of carbonyl (C=O) groups is 2. The molecule has 0 spiro atoms. The summed E-state index contributed by atoms with van der Waals surface area (Å²) in [5.41, 5.74) is 0.197. The second-order valence-electron chi connectivity index (χ2n) is 8.99. The molecule has 0 saturated carbocycles. The van der Waals surface area contributed by atoms with Gasteiger partial charge in [0.05, 0.1) is 24.2 Å². The Kier molecular flexibility index (Phi) is 7.51. The van der Waals surface area contributed by atoms with Crippen molar-refractivity contribution in [3.63, 3.8) is 0 Å². The van der Waals surface area contributed by atoms with Crippen molar-refractivity contribution < 1.29 is 27.1 Å². The smallest absolute Gasteiger partial charge is 0.251 e. The topological polar surface area (TPSA) is 114 Å². The lowest BCUT2D eigenvalue weighted by molar-refractivity contribution is -0.111. The van der Waals surface area contributed by atoms with Gasteiger partial charge in [-0.2, -0.15) is 0 Å². The Morgan fingerprint density at radius 2 is 1.70 bits per heavy atom. The molecule has 33 heavy (non-hydrogen) atoms. The summed E-state index contributed by atoms with van der Waals surface area (Å²) in [4.78, 5) is 24.5. The Morgan fingerprint density at radius 1 is 1.09 bits per heavy atom. The average molecular weight is 478 g/mol.